The van der Waals surface area contributed by atoms with Crippen LogP contribution in [0.25, 0.3) is 0 Å². The van der Waals surface area contributed by atoms with Crippen LogP contribution in [-0.2, 0) is 16.1 Å². The minimum atomic E-state index is -4.21. The maximum atomic E-state index is 13.0. The number of carboxylic acid groups (broad SMARTS) is 1. The number of aliphatic carboxylic acids is 1. The number of ether oxygens (including phenoxy) is 1. The number of carbonyl (C=O) groups is 1. The van der Waals surface area contributed by atoms with Gasteiger partial charge in [0.1, 0.15) is 0 Å². The van der Waals surface area contributed by atoms with E-state index in [1.807, 2.05) is 0 Å². The van der Waals surface area contributed by atoms with Gasteiger partial charge in [0.05, 0.1) is 6.61 Å². The summed E-state index contributed by atoms with van der Waals surface area (Å²) in [4.78, 5) is 10.3. The van der Waals surface area contributed by atoms with Gasteiger partial charge in [-0.25, -0.2) is 4.79 Å². The van der Waals surface area contributed by atoms with Crippen molar-refractivity contribution in [2.75, 3.05) is 7.11 Å². The van der Waals surface area contributed by atoms with Crippen molar-refractivity contribution in [2.24, 2.45) is 0 Å². The molecule has 0 bridgehead atoms. The van der Waals surface area contributed by atoms with Crippen LogP contribution in [0.5, 0.6) is 0 Å². The molecule has 1 aromatic carbocycles. The van der Waals surface area contributed by atoms with E-state index in [0.717, 1.165) is 5.56 Å². The maximum absolute atomic E-state index is 13.0. The first-order valence-corrected chi connectivity index (χ1v) is 4.76. The molecular weight excluding hydrogens is 234 g/mol. The van der Waals surface area contributed by atoms with Gasteiger partial charge in [-0.15, -0.1) is 0 Å². The highest BCUT2D eigenvalue weighted by Crippen LogP contribution is 2.31. The molecule has 2 N–H and O–H groups in total. The third-order valence-corrected chi connectivity index (χ3v) is 2.24. The largest absolute Gasteiger partial charge is 0.477 e. The minimum Gasteiger partial charge on any atom is -0.477 e. The second-order valence-corrected chi connectivity index (χ2v) is 3.51. The predicted molar refractivity (Wildman–Crippen MR) is 54.7 cm³/mol. The molecule has 0 aliphatic rings. The van der Waals surface area contributed by atoms with Crippen LogP contribution in [-0.4, -0.2) is 29.2 Å². The highest BCUT2D eigenvalue weighted by molar-refractivity contribution is 5.76. The van der Waals surface area contributed by atoms with E-state index < -0.39 is 18.0 Å². The standard InChI is InChI=1S/C11H12F2O4/c1-17-6-7-2-4-8(5-3-7)9(14)11(12,13)10(15)16/h2-5,9,14H,6H2,1H3,(H,15,16). The number of rotatable bonds is 5. The lowest BCUT2D eigenvalue weighted by Gasteiger charge is -2.18. The van der Waals surface area contributed by atoms with E-state index in [0.29, 0.717) is 6.61 Å². The van der Waals surface area contributed by atoms with Crippen molar-refractivity contribution < 1.29 is 28.5 Å². The topological polar surface area (TPSA) is 66.8 Å². The molecule has 0 fully saturated rings. The van der Waals surface area contributed by atoms with Crippen molar-refractivity contribution in [3.05, 3.63) is 35.4 Å². The number of hydrogen-bond donors (Lipinski definition) is 2. The average Bonchev–Trinajstić information content (AvgIpc) is 2.29. The lowest BCUT2D eigenvalue weighted by Crippen LogP contribution is -2.35. The van der Waals surface area contributed by atoms with Crippen LogP contribution in [0.3, 0.4) is 0 Å². The molecule has 0 radical (unpaired) electrons. The normalized spacial score (nSPS) is 13.4. The maximum Gasteiger partial charge on any atom is 0.377 e. The number of benzene rings is 1. The van der Waals surface area contributed by atoms with Gasteiger partial charge in [-0.2, -0.15) is 8.78 Å². The van der Waals surface area contributed by atoms with E-state index in [2.05, 4.69) is 0 Å². The third kappa shape index (κ3) is 2.98. The number of alkyl halides is 2. The Morgan fingerprint density at radius 3 is 2.35 bits per heavy atom. The highest BCUT2D eigenvalue weighted by atomic mass is 19.3. The number of hydrogen-bond acceptors (Lipinski definition) is 3. The first kappa shape index (κ1) is 13.5. The van der Waals surface area contributed by atoms with Gasteiger partial charge in [0.15, 0.2) is 6.10 Å². The summed E-state index contributed by atoms with van der Waals surface area (Å²) >= 11 is 0. The van der Waals surface area contributed by atoms with Gasteiger partial charge in [0.25, 0.3) is 0 Å². The fraction of sp³-hybridized carbons (Fsp3) is 0.364. The molecule has 0 aliphatic carbocycles. The second kappa shape index (κ2) is 5.20. The Morgan fingerprint density at radius 2 is 1.94 bits per heavy atom. The lowest BCUT2D eigenvalue weighted by molar-refractivity contribution is -0.182. The fourth-order valence-electron chi connectivity index (χ4n) is 1.29. The minimum absolute atomic E-state index is 0.155. The number of aliphatic hydroxyl groups is 1. The first-order valence-electron chi connectivity index (χ1n) is 4.76. The third-order valence-electron chi connectivity index (χ3n) is 2.24. The van der Waals surface area contributed by atoms with Crippen LogP contribution < -0.4 is 0 Å². The molecular formula is C11H12F2O4. The molecule has 0 saturated carbocycles. The summed E-state index contributed by atoms with van der Waals surface area (Å²) in [5.41, 5.74) is 0.583. The highest BCUT2D eigenvalue weighted by Gasteiger charge is 2.47. The molecule has 0 saturated heterocycles. The van der Waals surface area contributed by atoms with Crippen LogP contribution in [0, 0.1) is 0 Å². The Morgan fingerprint density at radius 1 is 1.41 bits per heavy atom. The zero-order valence-corrected chi connectivity index (χ0v) is 9.06. The number of halogens is 2. The Kier molecular flexibility index (Phi) is 4.14. The van der Waals surface area contributed by atoms with Crippen molar-refractivity contribution >= 4 is 5.97 Å². The Hall–Kier alpha value is -1.53. The summed E-state index contributed by atoms with van der Waals surface area (Å²) < 4.78 is 30.8. The van der Waals surface area contributed by atoms with E-state index in [-0.39, 0.29) is 5.56 Å². The molecule has 1 rings (SSSR count). The van der Waals surface area contributed by atoms with Crippen molar-refractivity contribution in [2.45, 2.75) is 18.6 Å². The van der Waals surface area contributed by atoms with E-state index in [4.69, 9.17) is 9.84 Å². The van der Waals surface area contributed by atoms with E-state index in [1.165, 1.54) is 31.4 Å². The SMILES string of the molecule is COCc1ccc(C(O)C(F)(F)C(=O)O)cc1. The summed E-state index contributed by atoms with van der Waals surface area (Å²) in [6.45, 7) is 0.311. The van der Waals surface area contributed by atoms with Crippen molar-refractivity contribution in [3.63, 3.8) is 0 Å². The molecule has 0 heterocycles. The molecule has 0 amide bonds. The van der Waals surface area contributed by atoms with Crippen LogP contribution in [0.15, 0.2) is 24.3 Å². The van der Waals surface area contributed by atoms with Gasteiger partial charge < -0.3 is 14.9 Å². The number of carboxylic acids is 1. The van der Waals surface area contributed by atoms with Crippen LogP contribution in [0.2, 0.25) is 0 Å². The fourth-order valence-corrected chi connectivity index (χ4v) is 1.29. The van der Waals surface area contributed by atoms with Gasteiger partial charge in [0.2, 0.25) is 0 Å². The number of methoxy groups -OCH3 is 1. The van der Waals surface area contributed by atoms with Crippen molar-refractivity contribution in [3.8, 4) is 0 Å². The molecule has 0 aliphatic heterocycles. The Bertz CT molecular complexity index is 389. The summed E-state index contributed by atoms with van der Waals surface area (Å²) in [5.74, 6) is -6.56. The van der Waals surface area contributed by atoms with Gasteiger partial charge in [-0.05, 0) is 11.1 Å². The van der Waals surface area contributed by atoms with Gasteiger partial charge in [0, 0.05) is 7.11 Å². The average molecular weight is 246 g/mol. The smallest absolute Gasteiger partial charge is 0.377 e. The van der Waals surface area contributed by atoms with Crippen LogP contribution in [0.1, 0.15) is 17.2 Å². The molecule has 0 aromatic heterocycles. The molecule has 1 unspecified atom stereocenters. The molecule has 1 aromatic rings. The molecule has 6 heteroatoms. The lowest BCUT2D eigenvalue weighted by atomic mass is 10.0. The van der Waals surface area contributed by atoms with E-state index in [9.17, 15) is 18.7 Å². The number of aliphatic hydroxyl groups excluding tert-OH is 1. The Labute approximate surface area is 96.5 Å². The zero-order valence-electron chi connectivity index (χ0n) is 9.06. The molecule has 0 spiro atoms. The van der Waals surface area contributed by atoms with Gasteiger partial charge in [-0.3, -0.25) is 0 Å². The molecule has 1 atom stereocenters. The van der Waals surface area contributed by atoms with Gasteiger partial charge >= 0.3 is 11.9 Å². The summed E-state index contributed by atoms with van der Waals surface area (Å²) in [7, 11) is 1.49. The predicted octanol–water partition coefficient (Wildman–Crippen LogP) is 1.59. The monoisotopic (exact) mass is 246 g/mol. The molecule has 17 heavy (non-hydrogen) atoms. The van der Waals surface area contributed by atoms with Crippen LogP contribution >= 0.6 is 0 Å². The molecule has 94 valence electrons. The second-order valence-electron chi connectivity index (χ2n) is 3.51. The summed E-state index contributed by atoms with van der Waals surface area (Å²) in [6.07, 6.45) is -2.36. The summed E-state index contributed by atoms with van der Waals surface area (Å²) in [5, 5.41) is 17.6. The van der Waals surface area contributed by atoms with Crippen molar-refractivity contribution in [1.29, 1.82) is 0 Å². The van der Waals surface area contributed by atoms with Crippen molar-refractivity contribution in [1.82, 2.24) is 0 Å². The quantitative estimate of drug-likeness (QED) is 0.827. The zero-order chi connectivity index (χ0) is 13.1. The van der Waals surface area contributed by atoms with E-state index >= 15 is 0 Å². The van der Waals surface area contributed by atoms with E-state index in [1.54, 1.807) is 0 Å². The van der Waals surface area contributed by atoms with Crippen LogP contribution in [0.4, 0.5) is 8.78 Å². The summed E-state index contributed by atoms with van der Waals surface area (Å²) in [6, 6.07) is 5.46. The Balaban J connectivity index is 2.90. The van der Waals surface area contributed by atoms with Gasteiger partial charge in [-0.1, -0.05) is 24.3 Å². The molecule has 4 nitrogen and oxygen atoms in total. The first-order chi connectivity index (χ1) is 7.89.